The fourth-order valence-electron chi connectivity index (χ4n) is 3.78. The average molecular weight is 576 g/mol. The number of ketones is 1. The lowest BCUT2D eigenvalue weighted by atomic mass is 10.1. The van der Waals surface area contributed by atoms with Crippen LogP contribution in [0.3, 0.4) is 0 Å². The van der Waals surface area contributed by atoms with Crippen LogP contribution in [0.4, 0.5) is 5.00 Å². The molecule has 0 aliphatic heterocycles. The largest absolute Gasteiger partial charge is 0.486 e. The Hall–Kier alpha value is -4.47. The zero-order valence-corrected chi connectivity index (χ0v) is 23.6. The van der Waals surface area contributed by atoms with Crippen LogP contribution in [0.1, 0.15) is 50.8 Å². The summed E-state index contributed by atoms with van der Waals surface area (Å²) in [5.41, 5.74) is 1.99. The molecular formula is C28H25N5O5S2. The van der Waals surface area contributed by atoms with Crippen molar-refractivity contribution < 1.29 is 23.9 Å². The van der Waals surface area contributed by atoms with E-state index >= 15 is 0 Å². The predicted octanol–water partition coefficient (Wildman–Crippen LogP) is 5.20. The highest BCUT2D eigenvalue weighted by molar-refractivity contribution is 7.99. The summed E-state index contributed by atoms with van der Waals surface area (Å²) in [6.45, 7) is 5.03. The molecule has 4 aromatic rings. The van der Waals surface area contributed by atoms with E-state index in [1.807, 2.05) is 30.3 Å². The number of thiophene rings is 1. The average Bonchev–Trinajstić information content (AvgIpc) is 3.51. The lowest BCUT2D eigenvalue weighted by Gasteiger charge is -2.11. The molecule has 2 heterocycles. The number of thioether (sulfide) groups is 1. The van der Waals surface area contributed by atoms with Crippen LogP contribution in [0.25, 0.3) is 5.69 Å². The summed E-state index contributed by atoms with van der Waals surface area (Å²) in [6.07, 6.45) is 0. The van der Waals surface area contributed by atoms with Gasteiger partial charge in [0.15, 0.2) is 16.8 Å². The fraction of sp³-hybridized carbons (Fsp3) is 0.214. The summed E-state index contributed by atoms with van der Waals surface area (Å²) in [5, 5.41) is 21.1. The van der Waals surface area contributed by atoms with E-state index in [-0.39, 0.29) is 41.2 Å². The number of aromatic nitrogens is 3. The number of anilines is 1. The Balaban J connectivity index is 1.52. The summed E-state index contributed by atoms with van der Waals surface area (Å²) < 4.78 is 12.8. The van der Waals surface area contributed by atoms with E-state index in [0.29, 0.717) is 32.7 Å². The second kappa shape index (κ2) is 13.1. The summed E-state index contributed by atoms with van der Waals surface area (Å²) in [5.74, 6) is -0.121. The van der Waals surface area contributed by atoms with Gasteiger partial charge >= 0.3 is 5.97 Å². The minimum absolute atomic E-state index is 0.0317. The number of Topliss-reactive ketones (excluding diaryl/α,β-unsaturated/α-hetero) is 1. The van der Waals surface area contributed by atoms with Gasteiger partial charge in [0, 0.05) is 5.69 Å². The van der Waals surface area contributed by atoms with E-state index in [9.17, 15) is 14.4 Å². The van der Waals surface area contributed by atoms with Gasteiger partial charge in [0.2, 0.25) is 5.91 Å². The van der Waals surface area contributed by atoms with Crippen molar-refractivity contribution in [1.82, 2.24) is 14.8 Å². The smallest absolute Gasteiger partial charge is 0.341 e. The molecule has 0 atom stereocenters. The quantitative estimate of drug-likeness (QED) is 0.145. The van der Waals surface area contributed by atoms with Crippen LogP contribution in [-0.2, 0) is 16.1 Å². The van der Waals surface area contributed by atoms with Crippen LogP contribution < -0.4 is 10.1 Å². The maximum absolute atomic E-state index is 13.0. The summed E-state index contributed by atoms with van der Waals surface area (Å²) in [4.78, 5) is 38.0. The Morgan fingerprint density at radius 1 is 1.10 bits per heavy atom. The molecule has 0 unspecified atom stereocenters. The van der Waals surface area contributed by atoms with Gasteiger partial charge in [-0.1, -0.05) is 30.0 Å². The van der Waals surface area contributed by atoms with E-state index in [0.717, 1.165) is 17.0 Å². The highest BCUT2D eigenvalue weighted by atomic mass is 32.2. The number of hydrogen-bond donors (Lipinski definition) is 1. The van der Waals surface area contributed by atoms with Gasteiger partial charge in [0.1, 0.15) is 17.4 Å². The van der Waals surface area contributed by atoms with Crippen molar-refractivity contribution in [1.29, 1.82) is 5.26 Å². The monoisotopic (exact) mass is 575 g/mol. The Bertz CT molecular complexity index is 1570. The van der Waals surface area contributed by atoms with E-state index < -0.39 is 5.97 Å². The van der Waals surface area contributed by atoms with Crippen LogP contribution in [0.15, 0.2) is 59.8 Å². The molecule has 0 bridgehead atoms. The third-order valence-corrected chi connectivity index (χ3v) is 7.83. The molecule has 0 spiro atoms. The zero-order valence-electron chi connectivity index (χ0n) is 22.0. The molecule has 0 fully saturated rings. The van der Waals surface area contributed by atoms with Crippen LogP contribution in [0.2, 0.25) is 0 Å². The van der Waals surface area contributed by atoms with Gasteiger partial charge in [-0.3, -0.25) is 14.2 Å². The summed E-state index contributed by atoms with van der Waals surface area (Å²) in [6, 6.07) is 18.2. The van der Waals surface area contributed by atoms with Gasteiger partial charge in [-0.25, -0.2) is 4.79 Å². The van der Waals surface area contributed by atoms with E-state index in [4.69, 9.17) is 14.7 Å². The van der Waals surface area contributed by atoms with Gasteiger partial charge in [-0.05, 0) is 62.7 Å². The van der Waals surface area contributed by atoms with E-state index in [1.54, 1.807) is 42.7 Å². The van der Waals surface area contributed by atoms with Crippen LogP contribution in [0.5, 0.6) is 5.75 Å². The lowest BCUT2D eigenvalue weighted by Crippen LogP contribution is -2.17. The molecule has 2 aromatic carbocycles. The van der Waals surface area contributed by atoms with Gasteiger partial charge in [0.25, 0.3) is 0 Å². The van der Waals surface area contributed by atoms with Gasteiger partial charge in [0.05, 0.1) is 34.4 Å². The normalized spacial score (nSPS) is 10.6. The second-order valence-corrected chi connectivity index (χ2v) is 10.3. The predicted molar refractivity (Wildman–Crippen MR) is 151 cm³/mol. The first kappa shape index (κ1) is 28.5. The van der Waals surface area contributed by atoms with Crippen molar-refractivity contribution >= 4 is 45.8 Å². The molecule has 0 saturated carbocycles. The number of nitrogens with zero attached hydrogens (tertiary/aromatic N) is 4. The van der Waals surface area contributed by atoms with Crippen molar-refractivity contribution in [3.8, 4) is 17.5 Å². The molecule has 204 valence electrons. The molecule has 4 rings (SSSR count). The molecule has 0 radical (unpaired) electrons. The van der Waals surface area contributed by atoms with Gasteiger partial charge < -0.3 is 14.8 Å². The van der Waals surface area contributed by atoms with E-state index in [2.05, 4.69) is 21.6 Å². The molecule has 0 aliphatic rings. The van der Waals surface area contributed by atoms with Crippen LogP contribution in [-0.4, -0.2) is 44.8 Å². The Morgan fingerprint density at radius 3 is 2.48 bits per heavy atom. The van der Waals surface area contributed by atoms with Gasteiger partial charge in [-0.15, -0.1) is 21.5 Å². The topological polar surface area (TPSA) is 136 Å². The fourth-order valence-corrected chi connectivity index (χ4v) is 5.65. The number of nitrogens with one attached hydrogen (secondary N) is 1. The standard InChI is InChI=1S/C28H25N5O5S2/c1-4-37-27(36)24-17(2)25(18(3)34)40-26(24)30-23(35)16-39-28-32-31-22(33(28)20-8-6-5-7-9-20)15-38-21-12-10-19(14-29)11-13-21/h5-13H,4,15-16H2,1-3H3,(H,30,35). The highest BCUT2D eigenvalue weighted by Crippen LogP contribution is 2.34. The number of benzene rings is 2. The molecule has 10 nitrogen and oxygen atoms in total. The second-order valence-electron chi connectivity index (χ2n) is 8.37. The molecule has 1 N–H and O–H groups in total. The first-order chi connectivity index (χ1) is 19.3. The molecule has 2 aromatic heterocycles. The minimum atomic E-state index is -0.595. The van der Waals surface area contributed by atoms with Crippen LogP contribution in [0, 0.1) is 18.3 Å². The lowest BCUT2D eigenvalue weighted by molar-refractivity contribution is -0.113. The van der Waals surface area contributed by atoms with Crippen LogP contribution >= 0.6 is 23.1 Å². The van der Waals surface area contributed by atoms with Crippen molar-refractivity contribution in [2.24, 2.45) is 0 Å². The molecule has 0 saturated heterocycles. The number of carbonyl (C=O) groups excluding carboxylic acids is 3. The van der Waals surface area contributed by atoms with Crippen molar-refractivity contribution in [3.05, 3.63) is 82.0 Å². The number of para-hydroxylation sites is 1. The first-order valence-electron chi connectivity index (χ1n) is 12.2. The maximum Gasteiger partial charge on any atom is 0.341 e. The number of hydrogen-bond acceptors (Lipinski definition) is 10. The molecule has 0 aliphatic carbocycles. The molecule has 1 amide bonds. The molecule has 12 heteroatoms. The maximum atomic E-state index is 13.0. The third kappa shape index (κ3) is 6.56. The minimum Gasteiger partial charge on any atom is -0.486 e. The first-order valence-corrected chi connectivity index (χ1v) is 14.0. The number of amides is 1. The highest BCUT2D eigenvalue weighted by Gasteiger charge is 2.25. The SMILES string of the molecule is CCOC(=O)c1c(NC(=O)CSc2nnc(COc3ccc(C#N)cc3)n2-c2ccccc2)sc(C(C)=O)c1C. The van der Waals surface area contributed by atoms with Crippen molar-refractivity contribution in [2.45, 2.75) is 32.5 Å². The summed E-state index contributed by atoms with van der Waals surface area (Å²) in [7, 11) is 0. The zero-order chi connectivity index (χ0) is 28.6. The number of nitriles is 1. The van der Waals surface area contributed by atoms with Crippen molar-refractivity contribution in [2.75, 3.05) is 17.7 Å². The number of rotatable bonds is 11. The Kier molecular flexibility index (Phi) is 9.31. The Labute approximate surface area is 238 Å². The van der Waals surface area contributed by atoms with Crippen molar-refractivity contribution in [3.63, 3.8) is 0 Å². The van der Waals surface area contributed by atoms with Gasteiger partial charge in [-0.2, -0.15) is 5.26 Å². The number of carbonyl (C=O) groups is 3. The molecule has 40 heavy (non-hydrogen) atoms. The Morgan fingerprint density at radius 2 is 1.82 bits per heavy atom. The third-order valence-electron chi connectivity index (χ3n) is 5.60. The molecular weight excluding hydrogens is 550 g/mol. The summed E-state index contributed by atoms with van der Waals surface area (Å²) >= 11 is 2.22. The number of esters is 1. The van der Waals surface area contributed by atoms with E-state index in [1.165, 1.54) is 18.7 Å². The number of ether oxygens (including phenoxy) is 2.